The van der Waals surface area contributed by atoms with Gasteiger partial charge in [0.2, 0.25) is 0 Å². The molecule has 196 valence electrons. The number of hydrogen-bond donors (Lipinski definition) is 1. The van der Waals surface area contributed by atoms with Gasteiger partial charge in [0.05, 0.1) is 13.2 Å². The Bertz CT molecular complexity index is 1420. The van der Waals surface area contributed by atoms with Gasteiger partial charge in [0.1, 0.15) is 5.52 Å². The first kappa shape index (κ1) is 25.0. The van der Waals surface area contributed by atoms with Crippen LogP contribution in [0.2, 0.25) is 0 Å². The van der Waals surface area contributed by atoms with E-state index in [4.69, 9.17) is 9.15 Å². The number of carbonyl (C=O) groups is 1. The molecule has 0 radical (unpaired) electrons. The van der Waals surface area contributed by atoms with Crippen molar-refractivity contribution < 1.29 is 13.9 Å². The lowest BCUT2D eigenvalue weighted by Crippen LogP contribution is -2.37. The Hall–Kier alpha value is -3.33. The van der Waals surface area contributed by atoms with Crippen LogP contribution in [0.1, 0.15) is 21.5 Å². The average Bonchev–Trinajstić information content (AvgIpc) is 3.38. The lowest BCUT2D eigenvalue weighted by atomic mass is 10.0. The number of aryl methyl sites for hydroxylation is 1. The maximum atomic E-state index is 12.9. The van der Waals surface area contributed by atoms with Crippen molar-refractivity contribution >= 4 is 40.5 Å². The van der Waals surface area contributed by atoms with Crippen LogP contribution in [0.25, 0.3) is 22.2 Å². The Kier molecular flexibility index (Phi) is 7.35. The van der Waals surface area contributed by atoms with Gasteiger partial charge < -0.3 is 19.4 Å². The number of anilines is 2. The SMILES string of the molecule is Cc1cc(Nc2nc3cccc(-c4ccc(C(=O)N5CCSCC5)cc4)c3o2)ccc1CN1CCOCC1. The molecule has 0 aliphatic carbocycles. The first-order valence-corrected chi connectivity index (χ1v) is 14.3. The predicted octanol–water partition coefficient (Wildman–Crippen LogP) is 5.57. The van der Waals surface area contributed by atoms with Crippen LogP contribution in [-0.2, 0) is 11.3 Å². The first-order chi connectivity index (χ1) is 18.6. The maximum Gasteiger partial charge on any atom is 0.300 e. The summed E-state index contributed by atoms with van der Waals surface area (Å²) in [5.74, 6) is 2.12. The zero-order valence-electron chi connectivity index (χ0n) is 21.6. The van der Waals surface area contributed by atoms with Crippen molar-refractivity contribution in [3.05, 3.63) is 77.4 Å². The molecule has 4 aromatic rings. The van der Waals surface area contributed by atoms with E-state index in [-0.39, 0.29) is 5.91 Å². The van der Waals surface area contributed by atoms with Crippen LogP contribution in [0.4, 0.5) is 11.7 Å². The minimum atomic E-state index is 0.104. The predicted molar refractivity (Wildman–Crippen MR) is 153 cm³/mol. The van der Waals surface area contributed by atoms with E-state index in [0.717, 1.165) is 90.9 Å². The second kappa shape index (κ2) is 11.2. The number of hydrogen-bond acceptors (Lipinski definition) is 7. The zero-order valence-corrected chi connectivity index (χ0v) is 22.4. The van der Waals surface area contributed by atoms with E-state index in [1.54, 1.807) is 0 Å². The standard InChI is InChI=1S/C30H32N4O3S/c1-21-19-25(10-9-24(21)20-33-11-15-36-16-12-33)31-30-32-27-4-2-3-26(28(27)37-30)22-5-7-23(8-6-22)29(35)34-13-17-38-18-14-34/h2-10,19H,11-18,20H2,1H3,(H,31,32). The van der Waals surface area contributed by atoms with E-state index in [1.807, 2.05) is 59.1 Å². The number of benzene rings is 3. The molecule has 0 unspecified atom stereocenters. The number of amides is 1. The van der Waals surface area contributed by atoms with Crippen molar-refractivity contribution in [2.45, 2.75) is 13.5 Å². The number of thioether (sulfide) groups is 1. The smallest absolute Gasteiger partial charge is 0.300 e. The molecule has 7 nitrogen and oxygen atoms in total. The molecule has 2 fully saturated rings. The molecule has 2 aliphatic rings. The lowest BCUT2D eigenvalue weighted by Gasteiger charge is -2.27. The fraction of sp³-hybridized carbons (Fsp3) is 0.333. The number of nitrogens with zero attached hydrogens (tertiary/aromatic N) is 3. The summed E-state index contributed by atoms with van der Waals surface area (Å²) in [5, 5.41) is 3.34. The number of para-hydroxylation sites is 1. The van der Waals surface area contributed by atoms with Gasteiger partial charge in [-0.15, -0.1) is 0 Å². The van der Waals surface area contributed by atoms with Crippen LogP contribution < -0.4 is 5.32 Å². The van der Waals surface area contributed by atoms with Crippen molar-refractivity contribution in [3.8, 4) is 11.1 Å². The summed E-state index contributed by atoms with van der Waals surface area (Å²) in [6.45, 7) is 8.26. The van der Waals surface area contributed by atoms with Gasteiger partial charge in [0, 0.05) is 61.0 Å². The van der Waals surface area contributed by atoms with Crippen molar-refractivity contribution in [2.24, 2.45) is 0 Å². The summed E-state index contributed by atoms with van der Waals surface area (Å²) in [6.07, 6.45) is 0. The topological polar surface area (TPSA) is 70.8 Å². The van der Waals surface area contributed by atoms with Crippen molar-refractivity contribution in [3.63, 3.8) is 0 Å². The summed E-state index contributed by atoms with van der Waals surface area (Å²) in [7, 11) is 0. The Balaban J connectivity index is 1.19. The molecule has 0 spiro atoms. The van der Waals surface area contributed by atoms with E-state index >= 15 is 0 Å². The number of ether oxygens (including phenoxy) is 1. The highest BCUT2D eigenvalue weighted by Gasteiger charge is 2.19. The Morgan fingerprint density at radius 3 is 2.55 bits per heavy atom. The minimum Gasteiger partial charge on any atom is -0.423 e. The monoisotopic (exact) mass is 528 g/mol. The molecule has 3 aromatic carbocycles. The highest BCUT2D eigenvalue weighted by molar-refractivity contribution is 7.99. The fourth-order valence-corrected chi connectivity index (χ4v) is 5.95. The summed E-state index contributed by atoms with van der Waals surface area (Å²) in [4.78, 5) is 21.9. The summed E-state index contributed by atoms with van der Waals surface area (Å²) in [6, 6.07) is 20.6. The molecule has 2 aliphatic heterocycles. The molecule has 6 rings (SSSR count). The third-order valence-electron chi connectivity index (χ3n) is 7.25. The van der Waals surface area contributed by atoms with Crippen LogP contribution in [0, 0.1) is 6.92 Å². The van der Waals surface area contributed by atoms with Crippen LogP contribution in [0.3, 0.4) is 0 Å². The summed E-state index contributed by atoms with van der Waals surface area (Å²) in [5.41, 5.74) is 7.68. The Morgan fingerprint density at radius 2 is 1.79 bits per heavy atom. The molecule has 0 saturated carbocycles. The minimum absolute atomic E-state index is 0.104. The largest absolute Gasteiger partial charge is 0.423 e. The van der Waals surface area contributed by atoms with Gasteiger partial charge in [0.25, 0.3) is 11.9 Å². The highest BCUT2D eigenvalue weighted by atomic mass is 32.2. The van der Waals surface area contributed by atoms with Crippen molar-refractivity contribution in [2.75, 3.05) is 56.2 Å². The molecule has 0 atom stereocenters. The third-order valence-corrected chi connectivity index (χ3v) is 8.19. The second-order valence-electron chi connectivity index (χ2n) is 9.81. The lowest BCUT2D eigenvalue weighted by molar-refractivity contribution is 0.0341. The van der Waals surface area contributed by atoms with E-state index < -0.39 is 0 Å². The van der Waals surface area contributed by atoms with E-state index in [9.17, 15) is 4.79 Å². The maximum absolute atomic E-state index is 12.9. The van der Waals surface area contributed by atoms with E-state index in [1.165, 1.54) is 11.1 Å². The zero-order chi connectivity index (χ0) is 25.9. The molecule has 1 amide bonds. The summed E-state index contributed by atoms with van der Waals surface area (Å²) < 4.78 is 11.7. The second-order valence-corrected chi connectivity index (χ2v) is 11.0. The summed E-state index contributed by atoms with van der Waals surface area (Å²) >= 11 is 1.90. The number of carbonyl (C=O) groups excluding carboxylic acids is 1. The van der Waals surface area contributed by atoms with Crippen LogP contribution in [0.5, 0.6) is 0 Å². The van der Waals surface area contributed by atoms with Crippen LogP contribution in [-0.4, -0.2) is 71.6 Å². The molecular weight excluding hydrogens is 496 g/mol. The van der Waals surface area contributed by atoms with Gasteiger partial charge in [-0.05, 0) is 53.9 Å². The molecule has 0 bridgehead atoms. The van der Waals surface area contributed by atoms with Gasteiger partial charge in [-0.2, -0.15) is 16.7 Å². The number of aromatic nitrogens is 1. The van der Waals surface area contributed by atoms with Gasteiger partial charge in [-0.25, -0.2) is 0 Å². The number of fused-ring (bicyclic) bond motifs is 1. The van der Waals surface area contributed by atoms with Crippen LogP contribution in [0.15, 0.2) is 65.1 Å². The number of nitrogens with one attached hydrogen (secondary N) is 1. The third kappa shape index (κ3) is 5.43. The quantitative estimate of drug-likeness (QED) is 0.351. The molecule has 1 N–H and O–H groups in total. The first-order valence-electron chi connectivity index (χ1n) is 13.2. The number of morpholine rings is 1. The van der Waals surface area contributed by atoms with E-state index in [0.29, 0.717) is 6.01 Å². The van der Waals surface area contributed by atoms with Gasteiger partial charge in [-0.1, -0.05) is 30.3 Å². The van der Waals surface area contributed by atoms with E-state index in [2.05, 4.69) is 40.3 Å². The van der Waals surface area contributed by atoms with Gasteiger partial charge in [0.15, 0.2) is 5.58 Å². The fourth-order valence-electron chi connectivity index (χ4n) is 5.05. The molecule has 38 heavy (non-hydrogen) atoms. The highest BCUT2D eigenvalue weighted by Crippen LogP contribution is 2.32. The van der Waals surface area contributed by atoms with Gasteiger partial charge in [-0.3, -0.25) is 9.69 Å². The average molecular weight is 529 g/mol. The number of rotatable bonds is 6. The number of oxazole rings is 1. The normalized spacial score (nSPS) is 16.6. The van der Waals surface area contributed by atoms with Crippen molar-refractivity contribution in [1.29, 1.82) is 0 Å². The van der Waals surface area contributed by atoms with Crippen LogP contribution >= 0.6 is 11.8 Å². The Morgan fingerprint density at radius 1 is 1.00 bits per heavy atom. The molecule has 8 heteroatoms. The van der Waals surface area contributed by atoms with Gasteiger partial charge >= 0.3 is 0 Å². The molecule has 3 heterocycles. The molecule has 2 saturated heterocycles. The van der Waals surface area contributed by atoms with Crippen molar-refractivity contribution in [1.82, 2.24) is 14.8 Å². The molecular formula is C30H32N4O3S. The Labute approximate surface area is 227 Å². The molecule has 1 aromatic heterocycles.